The second-order valence-corrected chi connectivity index (χ2v) is 7.02. The highest BCUT2D eigenvalue weighted by atomic mass is 16.5. The van der Waals surface area contributed by atoms with Crippen LogP contribution in [0.2, 0.25) is 0 Å². The van der Waals surface area contributed by atoms with Gasteiger partial charge in [0, 0.05) is 24.2 Å². The number of nitrogens with zero attached hydrogens (tertiary/aromatic N) is 3. The predicted molar refractivity (Wildman–Crippen MR) is 100 cm³/mol. The van der Waals surface area contributed by atoms with E-state index in [2.05, 4.69) is 23.1 Å². The summed E-state index contributed by atoms with van der Waals surface area (Å²) in [6.07, 6.45) is 0.391. The molecule has 0 saturated carbocycles. The van der Waals surface area contributed by atoms with Gasteiger partial charge < -0.3 is 9.42 Å². The zero-order valence-electron chi connectivity index (χ0n) is 15.2. The van der Waals surface area contributed by atoms with Gasteiger partial charge in [0.25, 0.3) is 0 Å². The van der Waals surface area contributed by atoms with Crippen molar-refractivity contribution in [3.8, 4) is 11.4 Å². The Bertz CT molecular complexity index is 977. The first kappa shape index (κ1) is 16.5. The molecule has 0 bridgehead atoms. The minimum atomic E-state index is -0.0741. The maximum atomic E-state index is 12.5. The lowest BCUT2D eigenvalue weighted by Crippen LogP contribution is -2.24. The summed E-state index contributed by atoms with van der Waals surface area (Å²) in [6.45, 7) is 6.69. The average molecular weight is 347 g/mol. The molecule has 0 spiro atoms. The van der Waals surface area contributed by atoms with Gasteiger partial charge in [-0.2, -0.15) is 4.98 Å². The van der Waals surface area contributed by atoms with Crippen molar-refractivity contribution in [1.29, 1.82) is 0 Å². The Morgan fingerprint density at radius 2 is 1.88 bits per heavy atom. The number of anilines is 1. The topological polar surface area (TPSA) is 59.2 Å². The summed E-state index contributed by atoms with van der Waals surface area (Å²) >= 11 is 0. The molecular formula is C21H21N3O2. The van der Waals surface area contributed by atoms with Crippen molar-refractivity contribution in [2.75, 3.05) is 11.4 Å². The second-order valence-electron chi connectivity index (χ2n) is 7.02. The Kier molecular flexibility index (Phi) is 4.07. The molecule has 5 heteroatoms. The fraction of sp³-hybridized carbons (Fsp3) is 0.286. The molecule has 2 heterocycles. The van der Waals surface area contributed by atoms with Crippen LogP contribution in [0.5, 0.6) is 0 Å². The third-order valence-electron chi connectivity index (χ3n) is 4.85. The van der Waals surface area contributed by atoms with Gasteiger partial charge in [-0.05, 0) is 44.0 Å². The van der Waals surface area contributed by atoms with Crippen molar-refractivity contribution in [1.82, 2.24) is 10.1 Å². The number of rotatable bonds is 3. The molecule has 132 valence electrons. The standard InChI is InChI=1S/C21H21N3O2/c1-13-5-4-6-17(10-13)24-12-16(11-19(24)25)21-22-20(23-26-21)18-8-7-14(2)9-15(18)3/h4-10,16H,11-12H2,1-3H3. The largest absolute Gasteiger partial charge is 0.339 e. The zero-order chi connectivity index (χ0) is 18.3. The van der Waals surface area contributed by atoms with Crippen LogP contribution >= 0.6 is 0 Å². The van der Waals surface area contributed by atoms with Crippen molar-refractivity contribution in [3.63, 3.8) is 0 Å². The van der Waals surface area contributed by atoms with Gasteiger partial charge in [-0.15, -0.1) is 0 Å². The molecule has 1 amide bonds. The predicted octanol–water partition coefficient (Wildman–Crippen LogP) is 4.18. The number of benzene rings is 2. The normalized spacial score (nSPS) is 17.1. The summed E-state index contributed by atoms with van der Waals surface area (Å²) in [6, 6.07) is 14.1. The Balaban J connectivity index is 1.58. The lowest BCUT2D eigenvalue weighted by atomic mass is 10.1. The molecule has 0 aliphatic carbocycles. The van der Waals surface area contributed by atoms with Crippen molar-refractivity contribution in [2.45, 2.75) is 33.1 Å². The van der Waals surface area contributed by atoms with Gasteiger partial charge in [-0.3, -0.25) is 4.79 Å². The lowest BCUT2D eigenvalue weighted by Gasteiger charge is -2.16. The van der Waals surface area contributed by atoms with Gasteiger partial charge in [0.15, 0.2) is 0 Å². The summed E-state index contributed by atoms with van der Waals surface area (Å²) in [5, 5.41) is 4.14. The molecule has 1 aromatic heterocycles. The van der Waals surface area contributed by atoms with E-state index in [4.69, 9.17) is 4.52 Å². The SMILES string of the molecule is Cc1cccc(N2CC(c3nc(-c4ccc(C)cc4C)no3)CC2=O)c1. The first-order valence-electron chi connectivity index (χ1n) is 8.79. The third-order valence-corrected chi connectivity index (χ3v) is 4.85. The first-order chi connectivity index (χ1) is 12.5. The van der Waals surface area contributed by atoms with Crippen LogP contribution in [0, 0.1) is 20.8 Å². The Morgan fingerprint density at radius 3 is 2.65 bits per heavy atom. The van der Waals surface area contributed by atoms with E-state index in [0.29, 0.717) is 24.7 Å². The van der Waals surface area contributed by atoms with E-state index in [-0.39, 0.29) is 11.8 Å². The molecule has 3 aromatic rings. The van der Waals surface area contributed by atoms with Crippen LogP contribution in [0.1, 0.15) is 34.9 Å². The van der Waals surface area contributed by atoms with Crippen molar-refractivity contribution < 1.29 is 9.32 Å². The third kappa shape index (κ3) is 3.01. The van der Waals surface area contributed by atoms with Gasteiger partial charge >= 0.3 is 0 Å². The average Bonchev–Trinajstić information content (AvgIpc) is 3.21. The minimum Gasteiger partial charge on any atom is -0.339 e. The highest BCUT2D eigenvalue weighted by Crippen LogP contribution is 2.32. The van der Waals surface area contributed by atoms with Gasteiger partial charge in [-0.1, -0.05) is 41.1 Å². The summed E-state index contributed by atoms with van der Waals surface area (Å²) in [5.74, 6) is 1.13. The molecule has 1 aliphatic rings. The Labute approximate surface area is 152 Å². The molecule has 1 atom stereocenters. The van der Waals surface area contributed by atoms with E-state index in [1.807, 2.05) is 50.2 Å². The van der Waals surface area contributed by atoms with Crippen LogP contribution in [0.25, 0.3) is 11.4 Å². The smallest absolute Gasteiger partial charge is 0.232 e. The lowest BCUT2D eigenvalue weighted by molar-refractivity contribution is -0.117. The van der Waals surface area contributed by atoms with Crippen molar-refractivity contribution in [3.05, 3.63) is 65.0 Å². The monoisotopic (exact) mass is 347 g/mol. The van der Waals surface area contributed by atoms with Crippen LogP contribution in [-0.4, -0.2) is 22.6 Å². The number of aromatic nitrogens is 2. The zero-order valence-corrected chi connectivity index (χ0v) is 15.2. The van der Waals surface area contributed by atoms with Crippen LogP contribution in [0.15, 0.2) is 47.0 Å². The molecule has 1 fully saturated rings. The number of aryl methyl sites for hydroxylation is 3. The van der Waals surface area contributed by atoms with Gasteiger partial charge in [0.1, 0.15) is 0 Å². The van der Waals surface area contributed by atoms with E-state index in [1.165, 1.54) is 5.56 Å². The molecule has 26 heavy (non-hydrogen) atoms. The second kappa shape index (κ2) is 6.41. The molecule has 1 aliphatic heterocycles. The molecule has 5 nitrogen and oxygen atoms in total. The summed E-state index contributed by atoms with van der Waals surface area (Å²) in [4.78, 5) is 18.9. The fourth-order valence-electron chi connectivity index (χ4n) is 3.49. The van der Waals surface area contributed by atoms with Crippen LogP contribution < -0.4 is 4.90 Å². The fourth-order valence-corrected chi connectivity index (χ4v) is 3.49. The van der Waals surface area contributed by atoms with Crippen molar-refractivity contribution in [2.24, 2.45) is 0 Å². The molecule has 0 radical (unpaired) electrons. The highest BCUT2D eigenvalue weighted by Gasteiger charge is 2.35. The number of amides is 1. The Hall–Kier alpha value is -2.95. The van der Waals surface area contributed by atoms with E-state index in [9.17, 15) is 4.79 Å². The number of hydrogen-bond donors (Lipinski definition) is 0. The van der Waals surface area contributed by atoms with E-state index < -0.39 is 0 Å². The number of carbonyl (C=O) groups is 1. The summed E-state index contributed by atoms with van der Waals surface area (Å²) < 4.78 is 5.50. The van der Waals surface area contributed by atoms with E-state index >= 15 is 0 Å². The van der Waals surface area contributed by atoms with E-state index in [1.54, 1.807) is 4.90 Å². The quantitative estimate of drug-likeness (QED) is 0.713. The maximum Gasteiger partial charge on any atom is 0.232 e. The molecule has 2 aromatic carbocycles. The minimum absolute atomic E-state index is 0.0741. The number of hydrogen-bond acceptors (Lipinski definition) is 4. The molecule has 0 N–H and O–H groups in total. The molecular weight excluding hydrogens is 326 g/mol. The number of carbonyl (C=O) groups excluding carboxylic acids is 1. The summed E-state index contributed by atoms with van der Waals surface area (Å²) in [5.41, 5.74) is 5.33. The molecule has 1 saturated heterocycles. The van der Waals surface area contributed by atoms with Crippen LogP contribution in [0.3, 0.4) is 0 Å². The van der Waals surface area contributed by atoms with E-state index in [0.717, 1.165) is 22.4 Å². The molecule has 4 rings (SSSR count). The Morgan fingerprint density at radius 1 is 1.08 bits per heavy atom. The summed E-state index contributed by atoms with van der Waals surface area (Å²) in [7, 11) is 0. The molecule has 1 unspecified atom stereocenters. The van der Waals surface area contributed by atoms with Gasteiger partial charge in [0.2, 0.25) is 17.6 Å². The highest BCUT2D eigenvalue weighted by molar-refractivity contribution is 5.96. The maximum absolute atomic E-state index is 12.5. The van der Waals surface area contributed by atoms with Gasteiger partial charge in [-0.25, -0.2) is 0 Å². The van der Waals surface area contributed by atoms with Gasteiger partial charge in [0.05, 0.1) is 5.92 Å². The first-order valence-corrected chi connectivity index (χ1v) is 8.79. The van der Waals surface area contributed by atoms with Crippen LogP contribution in [0.4, 0.5) is 5.69 Å². The van der Waals surface area contributed by atoms with Crippen LogP contribution in [-0.2, 0) is 4.79 Å². The van der Waals surface area contributed by atoms with Crippen molar-refractivity contribution >= 4 is 11.6 Å².